The van der Waals surface area contributed by atoms with E-state index in [4.69, 9.17) is 16.4 Å². The number of nitrogens with zero attached hydrogens (tertiary/aromatic N) is 1. The standard InChI is InChI=1S/C23H31NO3/c1-4-22-12-10-19-18-9-7-17(24-26)14-16(18)6-8-20(19)21(22)11-13-23(22,5-2)27-15(3)25/h2,14,18-21,26H,4,6-13H2,1,3H3/b24-17+/t18?,19?,20?,21?,22-,23-/m0/s1. The zero-order valence-corrected chi connectivity index (χ0v) is 16.5. The molecule has 4 nitrogen and oxygen atoms in total. The summed E-state index contributed by atoms with van der Waals surface area (Å²) >= 11 is 0. The van der Waals surface area contributed by atoms with E-state index in [0.717, 1.165) is 57.1 Å². The van der Waals surface area contributed by atoms with Crippen molar-refractivity contribution in [1.29, 1.82) is 0 Å². The molecule has 27 heavy (non-hydrogen) atoms. The highest BCUT2D eigenvalue weighted by molar-refractivity contribution is 5.96. The van der Waals surface area contributed by atoms with Crippen molar-refractivity contribution in [3.63, 3.8) is 0 Å². The minimum Gasteiger partial charge on any atom is -0.445 e. The Hall–Kier alpha value is -1.76. The number of hydrogen-bond donors (Lipinski definition) is 1. The molecule has 0 saturated heterocycles. The van der Waals surface area contributed by atoms with Crippen LogP contribution < -0.4 is 0 Å². The van der Waals surface area contributed by atoms with Crippen LogP contribution in [0.15, 0.2) is 16.8 Å². The number of ether oxygens (including phenoxy) is 1. The first-order valence-electron chi connectivity index (χ1n) is 10.6. The van der Waals surface area contributed by atoms with Crippen molar-refractivity contribution < 1.29 is 14.7 Å². The van der Waals surface area contributed by atoms with Gasteiger partial charge < -0.3 is 9.94 Å². The van der Waals surface area contributed by atoms with Gasteiger partial charge in [0.25, 0.3) is 0 Å². The first-order chi connectivity index (χ1) is 13.0. The maximum atomic E-state index is 11.9. The van der Waals surface area contributed by atoms with E-state index in [1.807, 2.05) is 0 Å². The van der Waals surface area contributed by atoms with Crippen LogP contribution in [0.4, 0.5) is 0 Å². The third kappa shape index (κ3) is 2.57. The zero-order valence-electron chi connectivity index (χ0n) is 16.5. The number of carbonyl (C=O) groups excluding carboxylic acids is 1. The molecular weight excluding hydrogens is 338 g/mol. The van der Waals surface area contributed by atoms with Gasteiger partial charge in [-0.3, -0.25) is 4.79 Å². The minimum atomic E-state index is -0.720. The highest BCUT2D eigenvalue weighted by atomic mass is 16.6. The Morgan fingerprint density at radius 1 is 1.30 bits per heavy atom. The molecule has 3 saturated carbocycles. The summed E-state index contributed by atoms with van der Waals surface area (Å²) in [5.41, 5.74) is 1.53. The van der Waals surface area contributed by atoms with Crippen LogP contribution >= 0.6 is 0 Å². The van der Waals surface area contributed by atoms with Crippen LogP contribution in [0.1, 0.15) is 71.6 Å². The normalized spacial score (nSPS) is 44.5. The van der Waals surface area contributed by atoms with Gasteiger partial charge in [0, 0.05) is 12.3 Å². The van der Waals surface area contributed by atoms with Crippen LogP contribution in [0.5, 0.6) is 0 Å². The topological polar surface area (TPSA) is 58.9 Å². The third-order valence-corrected chi connectivity index (χ3v) is 8.45. The molecule has 0 amide bonds. The van der Waals surface area contributed by atoms with E-state index in [2.05, 4.69) is 24.1 Å². The minimum absolute atomic E-state index is 0.0673. The smallest absolute Gasteiger partial charge is 0.304 e. The first-order valence-corrected chi connectivity index (χ1v) is 10.6. The van der Waals surface area contributed by atoms with Gasteiger partial charge >= 0.3 is 5.97 Å². The fraction of sp³-hybridized carbons (Fsp3) is 0.739. The molecule has 6 atom stereocenters. The van der Waals surface area contributed by atoms with Crippen LogP contribution in [-0.2, 0) is 9.53 Å². The summed E-state index contributed by atoms with van der Waals surface area (Å²) in [6.07, 6.45) is 17.5. The van der Waals surface area contributed by atoms with Crippen LogP contribution in [0.3, 0.4) is 0 Å². The molecule has 0 aromatic carbocycles. The molecular formula is C23H31NO3. The lowest BCUT2D eigenvalue weighted by molar-refractivity contribution is -0.170. The van der Waals surface area contributed by atoms with Crippen molar-refractivity contribution in [3.05, 3.63) is 11.6 Å². The maximum Gasteiger partial charge on any atom is 0.304 e. The van der Waals surface area contributed by atoms with Gasteiger partial charge in [0.15, 0.2) is 5.60 Å². The van der Waals surface area contributed by atoms with E-state index >= 15 is 0 Å². The number of oxime groups is 1. The Bertz CT molecular complexity index is 732. The van der Waals surface area contributed by atoms with Gasteiger partial charge in [0.05, 0.1) is 5.71 Å². The molecule has 4 aliphatic carbocycles. The van der Waals surface area contributed by atoms with E-state index in [-0.39, 0.29) is 11.4 Å². The van der Waals surface area contributed by atoms with Crippen molar-refractivity contribution in [2.24, 2.45) is 34.2 Å². The summed E-state index contributed by atoms with van der Waals surface area (Å²) in [6, 6.07) is 0. The fourth-order valence-corrected chi connectivity index (χ4v) is 7.45. The average Bonchev–Trinajstić information content (AvgIpc) is 3.01. The summed E-state index contributed by atoms with van der Waals surface area (Å²) in [7, 11) is 0. The molecule has 0 spiro atoms. The predicted molar refractivity (Wildman–Crippen MR) is 104 cm³/mol. The van der Waals surface area contributed by atoms with Gasteiger partial charge in [-0.05, 0) is 87.5 Å². The molecule has 0 bridgehead atoms. The fourth-order valence-electron chi connectivity index (χ4n) is 7.45. The second-order valence-electron chi connectivity index (χ2n) is 9.08. The molecule has 4 aliphatic rings. The Labute approximate surface area is 162 Å². The lowest BCUT2D eigenvalue weighted by Gasteiger charge is -2.56. The summed E-state index contributed by atoms with van der Waals surface area (Å²) in [6.45, 7) is 3.72. The number of allylic oxidation sites excluding steroid dienone is 2. The van der Waals surface area contributed by atoms with Crippen molar-refractivity contribution >= 4 is 11.7 Å². The molecule has 0 radical (unpaired) electrons. The van der Waals surface area contributed by atoms with Crippen molar-refractivity contribution in [3.8, 4) is 12.3 Å². The lowest BCUT2D eigenvalue weighted by Crippen LogP contribution is -2.55. The quantitative estimate of drug-likeness (QED) is 0.332. The first kappa shape index (κ1) is 18.6. The summed E-state index contributed by atoms with van der Waals surface area (Å²) in [5, 5.41) is 12.6. The molecule has 4 rings (SSSR count). The molecule has 146 valence electrons. The molecule has 0 aromatic rings. The second kappa shape index (κ2) is 6.69. The molecule has 0 heterocycles. The maximum absolute atomic E-state index is 11.9. The number of fused-ring (bicyclic) bond motifs is 5. The van der Waals surface area contributed by atoms with Crippen LogP contribution in [0.25, 0.3) is 0 Å². The van der Waals surface area contributed by atoms with Crippen molar-refractivity contribution in [2.75, 3.05) is 0 Å². The Kier molecular flexibility index (Phi) is 4.61. The van der Waals surface area contributed by atoms with E-state index in [1.54, 1.807) is 0 Å². The van der Waals surface area contributed by atoms with Gasteiger partial charge in [0.2, 0.25) is 0 Å². The molecule has 0 aromatic heterocycles. The van der Waals surface area contributed by atoms with Gasteiger partial charge in [-0.25, -0.2) is 0 Å². The van der Waals surface area contributed by atoms with Crippen molar-refractivity contribution in [1.82, 2.24) is 0 Å². The average molecular weight is 370 g/mol. The Balaban J connectivity index is 1.66. The number of hydrogen-bond acceptors (Lipinski definition) is 4. The molecule has 0 aliphatic heterocycles. The predicted octanol–water partition coefficient (Wildman–Crippen LogP) is 4.71. The van der Waals surface area contributed by atoms with Crippen LogP contribution in [-0.4, -0.2) is 22.5 Å². The van der Waals surface area contributed by atoms with Crippen LogP contribution in [0, 0.1) is 41.4 Å². The highest BCUT2D eigenvalue weighted by Gasteiger charge is 2.65. The molecule has 3 fully saturated rings. The zero-order chi connectivity index (χ0) is 19.2. The number of carbonyl (C=O) groups is 1. The van der Waals surface area contributed by atoms with E-state index in [0.29, 0.717) is 23.7 Å². The van der Waals surface area contributed by atoms with Gasteiger partial charge in [-0.1, -0.05) is 23.6 Å². The largest absolute Gasteiger partial charge is 0.445 e. The third-order valence-electron chi connectivity index (χ3n) is 8.45. The molecule has 4 unspecified atom stereocenters. The molecule has 1 N–H and O–H groups in total. The van der Waals surface area contributed by atoms with E-state index in [1.165, 1.54) is 18.9 Å². The van der Waals surface area contributed by atoms with Gasteiger partial charge in [-0.2, -0.15) is 0 Å². The monoisotopic (exact) mass is 369 g/mol. The lowest BCUT2D eigenvalue weighted by atomic mass is 9.49. The Morgan fingerprint density at radius 2 is 2.11 bits per heavy atom. The van der Waals surface area contributed by atoms with Crippen molar-refractivity contribution in [2.45, 2.75) is 77.2 Å². The van der Waals surface area contributed by atoms with E-state index < -0.39 is 5.60 Å². The summed E-state index contributed by atoms with van der Waals surface area (Å²) in [5.74, 6) is 5.25. The number of esters is 1. The number of rotatable bonds is 2. The van der Waals surface area contributed by atoms with Gasteiger partial charge in [0.1, 0.15) is 0 Å². The van der Waals surface area contributed by atoms with E-state index in [9.17, 15) is 4.79 Å². The highest BCUT2D eigenvalue weighted by Crippen LogP contribution is 2.67. The summed E-state index contributed by atoms with van der Waals surface area (Å²) < 4.78 is 5.90. The summed E-state index contributed by atoms with van der Waals surface area (Å²) in [4.78, 5) is 11.9. The SMILES string of the molecule is C#C[C@]1(OC(C)=O)CCC2C3CCC4=C/C(=N/O)CCC4C3CC[C@@]21CC. The van der Waals surface area contributed by atoms with Crippen LogP contribution in [0.2, 0.25) is 0 Å². The van der Waals surface area contributed by atoms with Gasteiger partial charge in [-0.15, -0.1) is 6.42 Å². The Morgan fingerprint density at radius 3 is 2.78 bits per heavy atom. The second-order valence-corrected chi connectivity index (χ2v) is 9.08. The number of terminal acetylenes is 1. The molecule has 4 heteroatoms.